The Kier molecular flexibility index (Phi) is 4.34. The van der Waals surface area contributed by atoms with Gasteiger partial charge in [-0.2, -0.15) is 0 Å². The number of aryl methyl sites for hydroxylation is 2. The summed E-state index contributed by atoms with van der Waals surface area (Å²) in [6, 6.07) is 15.9. The zero-order valence-electron chi connectivity index (χ0n) is 14.6. The highest BCUT2D eigenvalue weighted by molar-refractivity contribution is 7.98. The van der Waals surface area contributed by atoms with E-state index in [9.17, 15) is 4.79 Å². The predicted molar refractivity (Wildman–Crippen MR) is 104 cm³/mol. The molecule has 0 radical (unpaired) electrons. The molecule has 0 unspecified atom stereocenters. The van der Waals surface area contributed by atoms with Crippen LogP contribution in [-0.4, -0.2) is 19.2 Å². The Hall–Kier alpha value is -2.86. The lowest BCUT2D eigenvalue weighted by molar-refractivity contribution is 0.893. The maximum Gasteiger partial charge on any atom is 0.300 e. The zero-order chi connectivity index (χ0) is 18.1. The molecule has 2 aromatic carbocycles. The molecule has 0 saturated carbocycles. The van der Waals surface area contributed by atoms with Crippen LogP contribution in [0, 0.1) is 13.8 Å². The standard InChI is InChI=1S/C20H18N4OS/c1-14-8-9-15(2)16(12-14)13-26-20-22-21-18-19(25)23(10-11-24(18)20)17-6-4-3-5-7-17/h3-12H,13H2,1-2H3. The molecule has 0 N–H and O–H groups in total. The summed E-state index contributed by atoms with van der Waals surface area (Å²) in [6.07, 6.45) is 3.60. The van der Waals surface area contributed by atoms with Gasteiger partial charge in [0, 0.05) is 23.8 Å². The molecule has 0 saturated heterocycles. The van der Waals surface area contributed by atoms with Gasteiger partial charge in [0.05, 0.1) is 0 Å². The molecule has 0 bridgehead atoms. The quantitative estimate of drug-likeness (QED) is 0.518. The summed E-state index contributed by atoms with van der Waals surface area (Å²) in [5, 5.41) is 9.06. The molecule has 130 valence electrons. The van der Waals surface area contributed by atoms with Gasteiger partial charge in [0.1, 0.15) is 0 Å². The Balaban J connectivity index is 1.67. The van der Waals surface area contributed by atoms with Crippen molar-refractivity contribution in [1.29, 1.82) is 0 Å². The first kappa shape index (κ1) is 16.6. The fourth-order valence-corrected chi connectivity index (χ4v) is 3.83. The molecule has 0 amide bonds. The van der Waals surface area contributed by atoms with Crippen LogP contribution in [0.15, 0.2) is 70.9 Å². The molecular weight excluding hydrogens is 344 g/mol. The first-order chi connectivity index (χ1) is 12.6. The van der Waals surface area contributed by atoms with Crippen molar-refractivity contribution in [2.75, 3.05) is 0 Å². The number of nitrogens with zero attached hydrogens (tertiary/aromatic N) is 4. The fourth-order valence-electron chi connectivity index (χ4n) is 2.85. The van der Waals surface area contributed by atoms with Crippen LogP contribution in [0.3, 0.4) is 0 Å². The topological polar surface area (TPSA) is 52.2 Å². The number of fused-ring (bicyclic) bond motifs is 1. The molecule has 2 aromatic heterocycles. The zero-order valence-corrected chi connectivity index (χ0v) is 15.4. The number of rotatable bonds is 4. The van der Waals surface area contributed by atoms with Gasteiger partial charge in [0.25, 0.3) is 0 Å². The minimum atomic E-state index is -0.176. The van der Waals surface area contributed by atoms with Gasteiger partial charge >= 0.3 is 5.56 Å². The summed E-state index contributed by atoms with van der Waals surface area (Å²) in [7, 11) is 0. The van der Waals surface area contributed by atoms with E-state index in [4.69, 9.17) is 0 Å². The van der Waals surface area contributed by atoms with Gasteiger partial charge in [-0.15, -0.1) is 10.2 Å². The van der Waals surface area contributed by atoms with Crippen LogP contribution in [0.4, 0.5) is 0 Å². The van der Waals surface area contributed by atoms with E-state index in [2.05, 4.69) is 42.2 Å². The first-order valence-electron chi connectivity index (χ1n) is 8.34. The van der Waals surface area contributed by atoms with E-state index >= 15 is 0 Å². The molecule has 5 nitrogen and oxygen atoms in total. The minimum Gasteiger partial charge on any atom is -0.280 e. The third kappa shape index (κ3) is 3.04. The van der Waals surface area contributed by atoms with Gasteiger partial charge < -0.3 is 0 Å². The van der Waals surface area contributed by atoms with E-state index in [-0.39, 0.29) is 5.56 Å². The lowest BCUT2D eigenvalue weighted by Crippen LogP contribution is -2.20. The summed E-state index contributed by atoms with van der Waals surface area (Å²) in [5.74, 6) is 0.788. The average Bonchev–Trinajstić information content (AvgIpc) is 3.07. The van der Waals surface area contributed by atoms with E-state index in [1.807, 2.05) is 36.5 Å². The maximum absolute atomic E-state index is 12.7. The number of aromatic nitrogens is 4. The monoisotopic (exact) mass is 362 g/mol. The third-order valence-electron chi connectivity index (χ3n) is 4.34. The van der Waals surface area contributed by atoms with Crippen LogP contribution >= 0.6 is 11.8 Å². The van der Waals surface area contributed by atoms with Gasteiger partial charge in [0.15, 0.2) is 5.16 Å². The van der Waals surface area contributed by atoms with Crippen molar-refractivity contribution in [3.05, 3.63) is 88.0 Å². The molecule has 4 rings (SSSR count). The van der Waals surface area contributed by atoms with Gasteiger partial charge in [0.2, 0.25) is 5.65 Å². The predicted octanol–water partition coefficient (Wildman–Crippen LogP) is 3.79. The minimum absolute atomic E-state index is 0.176. The van der Waals surface area contributed by atoms with Crippen molar-refractivity contribution >= 4 is 17.4 Å². The summed E-state index contributed by atoms with van der Waals surface area (Å²) in [4.78, 5) is 12.7. The highest BCUT2D eigenvalue weighted by Crippen LogP contribution is 2.23. The summed E-state index contributed by atoms with van der Waals surface area (Å²) in [5.41, 5.74) is 4.73. The Morgan fingerprint density at radius 2 is 1.81 bits per heavy atom. The fraction of sp³-hybridized carbons (Fsp3) is 0.150. The van der Waals surface area contributed by atoms with Crippen LogP contribution in [0.5, 0.6) is 0 Å². The Labute approximate surface area is 155 Å². The second kappa shape index (κ2) is 6.80. The number of benzene rings is 2. The van der Waals surface area contributed by atoms with Crippen molar-refractivity contribution in [2.24, 2.45) is 0 Å². The Bertz CT molecular complexity index is 1130. The van der Waals surface area contributed by atoms with E-state index < -0.39 is 0 Å². The second-order valence-electron chi connectivity index (χ2n) is 6.20. The molecule has 0 aliphatic rings. The van der Waals surface area contributed by atoms with Crippen molar-refractivity contribution in [2.45, 2.75) is 24.8 Å². The second-order valence-corrected chi connectivity index (χ2v) is 7.15. The van der Waals surface area contributed by atoms with Gasteiger partial charge in [-0.05, 0) is 37.1 Å². The number of thioether (sulfide) groups is 1. The molecule has 0 atom stereocenters. The SMILES string of the molecule is Cc1ccc(C)c(CSc2nnc3c(=O)n(-c4ccccc4)ccn23)c1. The highest BCUT2D eigenvalue weighted by atomic mass is 32.2. The van der Waals surface area contributed by atoms with E-state index in [1.54, 1.807) is 26.9 Å². The van der Waals surface area contributed by atoms with Crippen molar-refractivity contribution in [3.63, 3.8) is 0 Å². The highest BCUT2D eigenvalue weighted by Gasteiger charge is 2.12. The molecule has 0 aliphatic carbocycles. The largest absolute Gasteiger partial charge is 0.300 e. The van der Waals surface area contributed by atoms with Crippen LogP contribution in [0.25, 0.3) is 11.3 Å². The van der Waals surface area contributed by atoms with Crippen LogP contribution in [0.1, 0.15) is 16.7 Å². The summed E-state index contributed by atoms with van der Waals surface area (Å²) < 4.78 is 3.35. The molecule has 2 heterocycles. The lowest BCUT2D eigenvalue weighted by Gasteiger charge is -2.07. The Morgan fingerprint density at radius 1 is 1.00 bits per heavy atom. The van der Waals surface area contributed by atoms with Gasteiger partial charge in [-0.25, -0.2) is 0 Å². The molecule has 4 aromatic rings. The molecule has 0 fully saturated rings. The maximum atomic E-state index is 12.7. The number of hydrogen-bond acceptors (Lipinski definition) is 4. The van der Waals surface area contributed by atoms with Gasteiger partial charge in [-0.3, -0.25) is 13.8 Å². The number of para-hydroxylation sites is 1. The number of hydrogen-bond donors (Lipinski definition) is 0. The molecule has 0 spiro atoms. The molecule has 26 heavy (non-hydrogen) atoms. The molecule has 6 heteroatoms. The first-order valence-corrected chi connectivity index (χ1v) is 9.33. The van der Waals surface area contributed by atoms with Crippen molar-refractivity contribution in [3.8, 4) is 5.69 Å². The smallest absolute Gasteiger partial charge is 0.280 e. The summed E-state index contributed by atoms with van der Waals surface area (Å²) >= 11 is 1.58. The normalized spacial score (nSPS) is 11.2. The van der Waals surface area contributed by atoms with Gasteiger partial charge in [-0.1, -0.05) is 53.7 Å². The molecular formula is C20H18N4OS. The van der Waals surface area contributed by atoms with Crippen LogP contribution in [-0.2, 0) is 5.75 Å². The van der Waals surface area contributed by atoms with E-state index in [0.29, 0.717) is 5.65 Å². The Morgan fingerprint density at radius 3 is 2.62 bits per heavy atom. The third-order valence-corrected chi connectivity index (χ3v) is 5.33. The van der Waals surface area contributed by atoms with E-state index in [0.717, 1.165) is 16.6 Å². The average molecular weight is 362 g/mol. The van der Waals surface area contributed by atoms with Crippen molar-refractivity contribution in [1.82, 2.24) is 19.2 Å². The van der Waals surface area contributed by atoms with Crippen LogP contribution in [0.2, 0.25) is 0 Å². The van der Waals surface area contributed by atoms with E-state index in [1.165, 1.54) is 16.7 Å². The summed E-state index contributed by atoms with van der Waals surface area (Å²) in [6.45, 7) is 4.20. The van der Waals surface area contributed by atoms with Crippen LogP contribution < -0.4 is 5.56 Å². The van der Waals surface area contributed by atoms with Crippen molar-refractivity contribution < 1.29 is 0 Å². The lowest BCUT2D eigenvalue weighted by atomic mass is 10.1. The molecule has 0 aliphatic heterocycles.